The van der Waals surface area contributed by atoms with Gasteiger partial charge < -0.3 is 10.1 Å². The van der Waals surface area contributed by atoms with Crippen molar-refractivity contribution in [1.82, 2.24) is 9.97 Å². The standard InChI is InChI=1S/C14H17N3O2/c1-19-14(18)9-5-15-6-10(16-9)17-13-11-7-2-3-8(4-7)12(11)13/h5-8,11-13H,2-4H2,1H3,(H,16,17). The van der Waals surface area contributed by atoms with Gasteiger partial charge in [-0.2, -0.15) is 0 Å². The Labute approximate surface area is 111 Å². The third kappa shape index (κ3) is 1.64. The van der Waals surface area contributed by atoms with E-state index in [1.54, 1.807) is 6.20 Å². The Morgan fingerprint density at radius 2 is 2.05 bits per heavy atom. The summed E-state index contributed by atoms with van der Waals surface area (Å²) in [4.78, 5) is 19.8. The molecular weight excluding hydrogens is 242 g/mol. The zero-order chi connectivity index (χ0) is 13.0. The predicted molar refractivity (Wildman–Crippen MR) is 68.6 cm³/mol. The maximum absolute atomic E-state index is 11.4. The van der Waals surface area contributed by atoms with Crippen molar-refractivity contribution in [3.05, 3.63) is 18.1 Å². The van der Waals surface area contributed by atoms with Crippen LogP contribution >= 0.6 is 0 Å². The summed E-state index contributed by atoms with van der Waals surface area (Å²) in [5.74, 6) is 3.77. The van der Waals surface area contributed by atoms with Crippen molar-refractivity contribution in [1.29, 1.82) is 0 Å². The first-order valence-corrected chi connectivity index (χ1v) is 6.95. The number of aromatic nitrogens is 2. The first-order valence-electron chi connectivity index (χ1n) is 6.95. The SMILES string of the molecule is COC(=O)c1cncc(NC2C3C4CCC(C4)C23)n1. The monoisotopic (exact) mass is 259 g/mol. The molecule has 1 aromatic heterocycles. The van der Waals surface area contributed by atoms with E-state index in [1.807, 2.05) is 0 Å². The number of hydrogen-bond donors (Lipinski definition) is 1. The van der Waals surface area contributed by atoms with Crippen molar-refractivity contribution in [2.24, 2.45) is 23.7 Å². The summed E-state index contributed by atoms with van der Waals surface area (Å²) >= 11 is 0. The number of nitrogens with zero attached hydrogens (tertiary/aromatic N) is 2. The Bertz CT molecular complexity index is 517. The summed E-state index contributed by atoms with van der Waals surface area (Å²) in [6.07, 6.45) is 7.36. The van der Waals surface area contributed by atoms with Crippen LogP contribution in [0.3, 0.4) is 0 Å². The largest absolute Gasteiger partial charge is 0.464 e. The van der Waals surface area contributed by atoms with E-state index in [0.717, 1.165) is 23.7 Å². The molecule has 3 aliphatic carbocycles. The van der Waals surface area contributed by atoms with Gasteiger partial charge in [-0.25, -0.2) is 9.78 Å². The van der Waals surface area contributed by atoms with Gasteiger partial charge in [-0.3, -0.25) is 4.98 Å². The fourth-order valence-electron chi connectivity index (χ4n) is 4.33. The summed E-state index contributed by atoms with van der Waals surface area (Å²) in [6, 6.07) is 0.549. The first-order chi connectivity index (χ1) is 9.28. The summed E-state index contributed by atoms with van der Waals surface area (Å²) in [5, 5.41) is 3.46. The molecular formula is C14H17N3O2. The predicted octanol–water partition coefficient (Wildman–Crippen LogP) is 1.72. The molecule has 0 aromatic carbocycles. The molecule has 1 N–H and O–H groups in total. The van der Waals surface area contributed by atoms with E-state index < -0.39 is 5.97 Å². The second kappa shape index (κ2) is 3.92. The lowest BCUT2D eigenvalue weighted by molar-refractivity contribution is 0.0593. The molecule has 0 saturated heterocycles. The second-order valence-corrected chi connectivity index (χ2v) is 5.94. The maximum atomic E-state index is 11.4. The van der Waals surface area contributed by atoms with Crippen molar-refractivity contribution in [2.75, 3.05) is 12.4 Å². The molecule has 4 atom stereocenters. The van der Waals surface area contributed by atoms with Gasteiger partial charge in [0.2, 0.25) is 0 Å². The molecule has 19 heavy (non-hydrogen) atoms. The number of carbonyl (C=O) groups excluding carboxylic acids is 1. The van der Waals surface area contributed by atoms with Crippen LogP contribution in [-0.4, -0.2) is 29.1 Å². The van der Waals surface area contributed by atoms with Crippen LogP contribution in [-0.2, 0) is 4.74 Å². The highest BCUT2D eigenvalue weighted by molar-refractivity contribution is 5.87. The molecule has 2 bridgehead atoms. The Balaban J connectivity index is 1.48. The molecule has 4 unspecified atom stereocenters. The van der Waals surface area contributed by atoms with Crippen molar-refractivity contribution in [2.45, 2.75) is 25.3 Å². The van der Waals surface area contributed by atoms with Gasteiger partial charge in [0.05, 0.1) is 19.5 Å². The topological polar surface area (TPSA) is 64.1 Å². The van der Waals surface area contributed by atoms with E-state index >= 15 is 0 Å². The molecule has 1 heterocycles. The van der Waals surface area contributed by atoms with Gasteiger partial charge >= 0.3 is 5.97 Å². The summed E-state index contributed by atoms with van der Waals surface area (Å²) in [7, 11) is 1.35. The number of esters is 1. The molecule has 0 amide bonds. The zero-order valence-corrected chi connectivity index (χ0v) is 10.9. The lowest BCUT2D eigenvalue weighted by atomic mass is 10.0. The molecule has 0 aliphatic heterocycles. The van der Waals surface area contributed by atoms with Crippen LogP contribution in [0.2, 0.25) is 0 Å². The third-order valence-corrected chi connectivity index (χ3v) is 5.08. The Kier molecular flexibility index (Phi) is 2.31. The fraction of sp³-hybridized carbons (Fsp3) is 0.643. The maximum Gasteiger partial charge on any atom is 0.358 e. The van der Waals surface area contributed by atoms with Gasteiger partial charge in [0.25, 0.3) is 0 Å². The molecule has 1 aromatic rings. The minimum atomic E-state index is -0.438. The molecule has 100 valence electrons. The van der Waals surface area contributed by atoms with Crippen molar-refractivity contribution < 1.29 is 9.53 Å². The third-order valence-electron chi connectivity index (χ3n) is 5.08. The van der Waals surface area contributed by atoms with Crippen LogP contribution in [0.1, 0.15) is 29.8 Å². The van der Waals surface area contributed by atoms with E-state index in [9.17, 15) is 4.79 Å². The molecule has 4 rings (SSSR count). The molecule has 5 heteroatoms. The van der Waals surface area contributed by atoms with Crippen molar-refractivity contribution in [3.8, 4) is 0 Å². The van der Waals surface area contributed by atoms with Gasteiger partial charge in [0, 0.05) is 6.04 Å². The number of fused-ring (bicyclic) bond motifs is 5. The quantitative estimate of drug-likeness (QED) is 0.837. The van der Waals surface area contributed by atoms with Gasteiger partial charge in [-0.15, -0.1) is 0 Å². The molecule has 0 radical (unpaired) electrons. The Hall–Kier alpha value is -1.65. The molecule has 0 spiro atoms. The number of methoxy groups -OCH3 is 1. The van der Waals surface area contributed by atoms with Crippen LogP contribution in [0.5, 0.6) is 0 Å². The van der Waals surface area contributed by atoms with Gasteiger partial charge in [-0.05, 0) is 42.9 Å². The number of nitrogens with one attached hydrogen (secondary N) is 1. The lowest BCUT2D eigenvalue weighted by Gasteiger charge is -2.11. The van der Waals surface area contributed by atoms with E-state index in [0.29, 0.717) is 11.9 Å². The summed E-state index contributed by atoms with van der Waals surface area (Å²) in [6.45, 7) is 0. The van der Waals surface area contributed by atoms with E-state index in [-0.39, 0.29) is 5.69 Å². The highest BCUT2D eigenvalue weighted by Gasteiger charge is 2.65. The van der Waals surface area contributed by atoms with Gasteiger partial charge in [0.1, 0.15) is 5.82 Å². The minimum absolute atomic E-state index is 0.265. The molecule has 5 nitrogen and oxygen atoms in total. The average Bonchev–Trinajstić information content (AvgIpc) is 2.85. The number of anilines is 1. The number of hydrogen-bond acceptors (Lipinski definition) is 5. The number of ether oxygens (including phenoxy) is 1. The zero-order valence-electron chi connectivity index (χ0n) is 10.9. The van der Waals surface area contributed by atoms with Crippen LogP contribution in [0.15, 0.2) is 12.4 Å². The van der Waals surface area contributed by atoms with Gasteiger partial charge in [-0.1, -0.05) is 0 Å². The van der Waals surface area contributed by atoms with E-state index in [1.165, 1.54) is 32.6 Å². The van der Waals surface area contributed by atoms with Crippen LogP contribution in [0.4, 0.5) is 5.82 Å². The minimum Gasteiger partial charge on any atom is -0.464 e. The van der Waals surface area contributed by atoms with Crippen LogP contribution < -0.4 is 5.32 Å². The van der Waals surface area contributed by atoms with Crippen LogP contribution in [0.25, 0.3) is 0 Å². The van der Waals surface area contributed by atoms with Crippen LogP contribution in [0, 0.1) is 23.7 Å². The second-order valence-electron chi connectivity index (χ2n) is 5.94. The smallest absolute Gasteiger partial charge is 0.358 e. The lowest BCUT2D eigenvalue weighted by Crippen LogP contribution is -2.15. The van der Waals surface area contributed by atoms with Crippen molar-refractivity contribution in [3.63, 3.8) is 0 Å². The average molecular weight is 259 g/mol. The van der Waals surface area contributed by atoms with Gasteiger partial charge in [0.15, 0.2) is 5.69 Å². The highest BCUT2D eigenvalue weighted by Crippen LogP contribution is 2.66. The number of carbonyl (C=O) groups is 1. The molecule has 3 fully saturated rings. The molecule has 3 aliphatic rings. The Morgan fingerprint density at radius 3 is 2.74 bits per heavy atom. The normalized spacial score (nSPS) is 37.8. The molecule has 3 saturated carbocycles. The fourth-order valence-corrected chi connectivity index (χ4v) is 4.33. The summed E-state index contributed by atoms with van der Waals surface area (Å²) < 4.78 is 4.66. The van der Waals surface area contributed by atoms with E-state index in [4.69, 9.17) is 0 Å². The highest BCUT2D eigenvalue weighted by atomic mass is 16.5. The van der Waals surface area contributed by atoms with Crippen molar-refractivity contribution >= 4 is 11.8 Å². The number of rotatable bonds is 3. The Morgan fingerprint density at radius 1 is 1.32 bits per heavy atom. The summed E-state index contributed by atoms with van der Waals surface area (Å²) in [5.41, 5.74) is 0.265. The van der Waals surface area contributed by atoms with E-state index in [2.05, 4.69) is 20.0 Å². The first kappa shape index (κ1) is 11.2.